The highest BCUT2D eigenvalue weighted by atomic mass is 79.9. The number of ether oxygens (including phenoxy) is 1. The van der Waals surface area contributed by atoms with E-state index in [1.54, 1.807) is 17.9 Å². The van der Waals surface area contributed by atoms with Gasteiger partial charge in [-0.05, 0) is 70.2 Å². The summed E-state index contributed by atoms with van der Waals surface area (Å²) in [4.78, 5) is 27.9. The van der Waals surface area contributed by atoms with Crippen molar-refractivity contribution >= 4 is 50.1 Å². The molecule has 0 aromatic heterocycles. The largest absolute Gasteiger partial charge is 0.483 e. The Morgan fingerprint density at radius 1 is 1.12 bits per heavy atom. The first-order valence-electron chi connectivity index (χ1n) is 11.6. The molecule has 1 aliphatic rings. The van der Waals surface area contributed by atoms with E-state index in [0.717, 1.165) is 46.5 Å². The Morgan fingerprint density at radius 2 is 1.88 bits per heavy atom. The molecule has 0 saturated heterocycles. The SMILES string of the molecule is C[C@H](C(=O)NC1CCCC1)N(Cc1cccc(Cl)c1)C(=O)COc1ccc2ccccc2c1Br. The Balaban J connectivity index is 1.50. The minimum Gasteiger partial charge on any atom is -0.483 e. The lowest BCUT2D eigenvalue weighted by Crippen LogP contribution is -2.50. The lowest BCUT2D eigenvalue weighted by Gasteiger charge is -2.29. The summed E-state index contributed by atoms with van der Waals surface area (Å²) in [6, 6.07) is 18.6. The van der Waals surface area contributed by atoms with Crippen LogP contribution in [0.2, 0.25) is 5.02 Å². The van der Waals surface area contributed by atoms with Crippen LogP contribution >= 0.6 is 27.5 Å². The molecular weight excluding hydrogens is 516 g/mol. The summed E-state index contributed by atoms with van der Waals surface area (Å²) < 4.78 is 6.71. The topological polar surface area (TPSA) is 58.6 Å². The van der Waals surface area contributed by atoms with Gasteiger partial charge in [0.25, 0.3) is 5.91 Å². The van der Waals surface area contributed by atoms with Crippen LogP contribution in [0.4, 0.5) is 0 Å². The first-order valence-corrected chi connectivity index (χ1v) is 12.7. The lowest BCUT2D eigenvalue weighted by molar-refractivity contribution is -0.142. The number of fused-ring (bicyclic) bond motifs is 1. The normalized spacial score (nSPS) is 14.7. The van der Waals surface area contributed by atoms with E-state index in [1.165, 1.54) is 0 Å². The number of nitrogens with one attached hydrogen (secondary N) is 1. The van der Waals surface area contributed by atoms with Crippen LogP contribution in [0.25, 0.3) is 10.8 Å². The van der Waals surface area contributed by atoms with E-state index in [1.807, 2.05) is 54.6 Å². The zero-order valence-corrected chi connectivity index (χ0v) is 21.4. The monoisotopic (exact) mass is 542 g/mol. The summed E-state index contributed by atoms with van der Waals surface area (Å²) >= 11 is 9.76. The van der Waals surface area contributed by atoms with Crippen LogP contribution in [0.3, 0.4) is 0 Å². The number of halogens is 2. The molecule has 5 nitrogen and oxygen atoms in total. The lowest BCUT2D eigenvalue weighted by atomic mass is 10.1. The van der Waals surface area contributed by atoms with E-state index in [9.17, 15) is 9.59 Å². The van der Waals surface area contributed by atoms with Crippen molar-refractivity contribution in [3.05, 3.63) is 75.7 Å². The standard InChI is InChI=1S/C27H28BrClN2O3/c1-18(27(33)30-22-10-3-4-11-22)31(16-19-7-6-9-21(29)15-19)25(32)17-34-24-14-13-20-8-2-5-12-23(20)26(24)28/h2,5-9,12-15,18,22H,3-4,10-11,16-17H2,1H3,(H,30,33)/t18-/m1/s1. The second-order valence-electron chi connectivity index (χ2n) is 8.70. The number of hydrogen-bond donors (Lipinski definition) is 1. The van der Waals surface area contributed by atoms with Crippen molar-refractivity contribution in [2.24, 2.45) is 0 Å². The molecule has 1 saturated carbocycles. The van der Waals surface area contributed by atoms with Crippen molar-refractivity contribution in [3.63, 3.8) is 0 Å². The van der Waals surface area contributed by atoms with E-state index >= 15 is 0 Å². The zero-order chi connectivity index (χ0) is 24.1. The highest BCUT2D eigenvalue weighted by molar-refractivity contribution is 9.10. The van der Waals surface area contributed by atoms with Crippen molar-refractivity contribution < 1.29 is 14.3 Å². The molecule has 0 radical (unpaired) electrons. The number of rotatable bonds is 8. The van der Waals surface area contributed by atoms with Gasteiger partial charge in [0, 0.05) is 17.6 Å². The van der Waals surface area contributed by atoms with Crippen LogP contribution < -0.4 is 10.1 Å². The van der Waals surface area contributed by atoms with Crippen LogP contribution in [0.15, 0.2) is 65.1 Å². The molecule has 4 rings (SSSR count). The number of hydrogen-bond acceptors (Lipinski definition) is 3. The van der Waals surface area contributed by atoms with E-state index in [-0.39, 0.29) is 31.0 Å². The molecule has 34 heavy (non-hydrogen) atoms. The minimum atomic E-state index is -0.643. The van der Waals surface area contributed by atoms with Gasteiger partial charge in [0.15, 0.2) is 6.61 Å². The molecular formula is C27H28BrClN2O3. The number of benzene rings is 3. The highest BCUT2D eigenvalue weighted by Crippen LogP contribution is 2.33. The summed E-state index contributed by atoms with van der Waals surface area (Å²) in [5.74, 6) is 0.168. The zero-order valence-electron chi connectivity index (χ0n) is 19.1. The number of amides is 2. The number of nitrogens with zero attached hydrogens (tertiary/aromatic N) is 1. The molecule has 7 heteroatoms. The molecule has 0 bridgehead atoms. The second-order valence-corrected chi connectivity index (χ2v) is 9.93. The van der Waals surface area contributed by atoms with Crippen LogP contribution in [0.1, 0.15) is 38.2 Å². The molecule has 1 aliphatic carbocycles. The van der Waals surface area contributed by atoms with Gasteiger partial charge in [-0.3, -0.25) is 9.59 Å². The summed E-state index contributed by atoms with van der Waals surface area (Å²) in [6.07, 6.45) is 4.22. The second kappa shape index (κ2) is 11.2. The Kier molecular flexibility index (Phi) is 8.11. The van der Waals surface area contributed by atoms with Crippen molar-refractivity contribution in [2.75, 3.05) is 6.61 Å². The maximum Gasteiger partial charge on any atom is 0.261 e. The van der Waals surface area contributed by atoms with Gasteiger partial charge < -0.3 is 15.0 Å². The van der Waals surface area contributed by atoms with E-state index < -0.39 is 6.04 Å². The first-order chi connectivity index (χ1) is 16.4. The fourth-order valence-electron chi connectivity index (χ4n) is 4.35. The van der Waals surface area contributed by atoms with Crippen LogP contribution in [0.5, 0.6) is 5.75 Å². The Bertz CT molecular complexity index is 1180. The van der Waals surface area contributed by atoms with E-state index in [4.69, 9.17) is 16.3 Å². The van der Waals surface area contributed by atoms with Crippen molar-refractivity contribution in [3.8, 4) is 5.75 Å². The molecule has 1 atom stereocenters. The van der Waals surface area contributed by atoms with Crippen molar-refractivity contribution in [1.29, 1.82) is 0 Å². The maximum absolute atomic E-state index is 13.3. The smallest absolute Gasteiger partial charge is 0.261 e. The maximum atomic E-state index is 13.3. The minimum absolute atomic E-state index is 0.144. The van der Waals surface area contributed by atoms with Crippen LogP contribution in [-0.2, 0) is 16.1 Å². The average molecular weight is 544 g/mol. The van der Waals surface area contributed by atoms with Gasteiger partial charge in [0.1, 0.15) is 11.8 Å². The Morgan fingerprint density at radius 3 is 2.65 bits per heavy atom. The van der Waals surface area contributed by atoms with Crippen molar-refractivity contribution in [2.45, 2.75) is 51.2 Å². The van der Waals surface area contributed by atoms with Gasteiger partial charge in [-0.2, -0.15) is 0 Å². The third kappa shape index (κ3) is 5.91. The first kappa shape index (κ1) is 24.6. The van der Waals surface area contributed by atoms with Crippen molar-refractivity contribution in [1.82, 2.24) is 10.2 Å². The molecule has 0 unspecified atom stereocenters. The summed E-state index contributed by atoms with van der Waals surface area (Å²) in [5.41, 5.74) is 0.855. The third-order valence-electron chi connectivity index (χ3n) is 6.29. The molecule has 2 amide bonds. The fraction of sp³-hybridized carbons (Fsp3) is 0.333. The van der Waals surface area contributed by atoms with E-state index in [0.29, 0.717) is 10.8 Å². The Hall–Kier alpha value is -2.57. The van der Waals surface area contributed by atoms with Gasteiger partial charge in [-0.15, -0.1) is 0 Å². The molecule has 0 spiro atoms. The summed E-state index contributed by atoms with van der Waals surface area (Å²) in [6.45, 7) is 1.85. The molecule has 1 N–H and O–H groups in total. The third-order valence-corrected chi connectivity index (χ3v) is 7.34. The summed E-state index contributed by atoms with van der Waals surface area (Å²) in [5, 5.41) is 5.78. The summed E-state index contributed by atoms with van der Waals surface area (Å²) in [7, 11) is 0. The number of carbonyl (C=O) groups excluding carboxylic acids is 2. The van der Waals surface area contributed by atoms with Gasteiger partial charge >= 0.3 is 0 Å². The highest BCUT2D eigenvalue weighted by Gasteiger charge is 2.29. The average Bonchev–Trinajstić information content (AvgIpc) is 3.35. The fourth-order valence-corrected chi connectivity index (χ4v) is 5.17. The molecule has 3 aromatic carbocycles. The predicted octanol–water partition coefficient (Wildman–Crippen LogP) is 6.11. The molecule has 0 aliphatic heterocycles. The van der Waals surface area contributed by atoms with Crippen LogP contribution in [-0.4, -0.2) is 35.4 Å². The molecule has 0 heterocycles. The van der Waals surface area contributed by atoms with Crippen LogP contribution in [0, 0.1) is 0 Å². The van der Waals surface area contributed by atoms with Gasteiger partial charge in [-0.25, -0.2) is 0 Å². The number of carbonyl (C=O) groups is 2. The van der Waals surface area contributed by atoms with Gasteiger partial charge in [0.05, 0.1) is 4.47 Å². The molecule has 3 aromatic rings. The van der Waals surface area contributed by atoms with Gasteiger partial charge in [-0.1, -0.05) is 66.9 Å². The predicted molar refractivity (Wildman–Crippen MR) is 139 cm³/mol. The van der Waals surface area contributed by atoms with E-state index in [2.05, 4.69) is 21.2 Å². The molecule has 178 valence electrons. The van der Waals surface area contributed by atoms with Gasteiger partial charge in [0.2, 0.25) is 5.91 Å². The Labute approximate surface area is 213 Å². The molecule has 1 fully saturated rings. The quantitative estimate of drug-likeness (QED) is 0.373.